The maximum Gasteiger partial charge on any atom is 0.226 e. The molecule has 4 heteroatoms. The molecule has 0 saturated heterocycles. The molecule has 0 spiro atoms. The van der Waals surface area contributed by atoms with E-state index >= 15 is 0 Å². The lowest BCUT2D eigenvalue weighted by molar-refractivity contribution is -0.120. The van der Waals surface area contributed by atoms with Gasteiger partial charge < -0.3 is 10.3 Å². The molecule has 0 bridgehead atoms. The smallest absolute Gasteiger partial charge is 0.226 e. The van der Waals surface area contributed by atoms with Crippen LogP contribution in [0.25, 0.3) is 0 Å². The number of halogens is 1. The highest BCUT2D eigenvalue weighted by Gasteiger charge is 2.05. The maximum absolute atomic E-state index is 13.3. The molecule has 0 atom stereocenters. The normalized spacial score (nSPS) is 10.2. The van der Waals surface area contributed by atoms with Gasteiger partial charge in [-0.15, -0.1) is 0 Å². The maximum atomic E-state index is 13.3. The summed E-state index contributed by atoms with van der Waals surface area (Å²) in [6.45, 7) is 0.214. The van der Waals surface area contributed by atoms with Crippen molar-refractivity contribution < 1.29 is 9.18 Å². The van der Waals surface area contributed by atoms with Crippen LogP contribution in [0.15, 0.2) is 42.6 Å². The van der Waals surface area contributed by atoms with E-state index in [1.165, 1.54) is 6.07 Å². The van der Waals surface area contributed by atoms with Gasteiger partial charge in [-0.1, -0.05) is 18.2 Å². The Morgan fingerprint density at radius 3 is 2.76 bits per heavy atom. The summed E-state index contributed by atoms with van der Waals surface area (Å²) in [5, 5.41) is 2.68. The Morgan fingerprint density at radius 2 is 2.06 bits per heavy atom. The highest BCUT2D eigenvalue weighted by molar-refractivity contribution is 5.78. The molecule has 0 aliphatic carbocycles. The first-order valence-electron chi connectivity index (χ1n) is 5.38. The van der Waals surface area contributed by atoms with E-state index in [2.05, 4.69) is 10.3 Å². The second kappa shape index (κ2) is 5.30. The number of H-pyrrole nitrogens is 1. The molecule has 1 amide bonds. The van der Waals surface area contributed by atoms with Crippen LogP contribution in [-0.4, -0.2) is 10.9 Å². The molecule has 0 unspecified atom stereocenters. The third-order valence-corrected chi connectivity index (χ3v) is 2.45. The molecular formula is C13H13FN2O. The van der Waals surface area contributed by atoms with Gasteiger partial charge in [0.1, 0.15) is 5.82 Å². The lowest BCUT2D eigenvalue weighted by atomic mass is 10.2. The van der Waals surface area contributed by atoms with Gasteiger partial charge in [0.2, 0.25) is 5.91 Å². The summed E-state index contributed by atoms with van der Waals surface area (Å²) in [5.41, 5.74) is 1.34. The third-order valence-electron chi connectivity index (χ3n) is 2.45. The summed E-state index contributed by atoms with van der Waals surface area (Å²) in [4.78, 5) is 14.5. The van der Waals surface area contributed by atoms with Crippen LogP contribution in [0, 0.1) is 5.82 Å². The number of carbonyl (C=O) groups is 1. The number of amides is 1. The molecule has 0 aliphatic rings. The van der Waals surface area contributed by atoms with Crippen molar-refractivity contribution in [2.24, 2.45) is 0 Å². The van der Waals surface area contributed by atoms with Gasteiger partial charge in [0.15, 0.2) is 0 Å². The van der Waals surface area contributed by atoms with Gasteiger partial charge >= 0.3 is 0 Å². The quantitative estimate of drug-likeness (QED) is 0.832. The number of hydrogen-bond donors (Lipinski definition) is 2. The fourth-order valence-electron chi connectivity index (χ4n) is 1.55. The van der Waals surface area contributed by atoms with Crippen molar-refractivity contribution in [2.75, 3.05) is 0 Å². The molecule has 2 N–H and O–H groups in total. The number of aromatic nitrogens is 1. The zero-order valence-electron chi connectivity index (χ0n) is 9.24. The molecule has 2 rings (SSSR count). The lowest BCUT2D eigenvalue weighted by Gasteiger charge is -2.05. The summed E-state index contributed by atoms with van der Waals surface area (Å²) in [5.74, 6) is -0.427. The van der Waals surface area contributed by atoms with Gasteiger partial charge in [-0.05, 0) is 18.2 Å². The van der Waals surface area contributed by atoms with E-state index in [4.69, 9.17) is 0 Å². The van der Waals surface area contributed by atoms with Crippen molar-refractivity contribution >= 4 is 5.91 Å². The highest BCUT2D eigenvalue weighted by atomic mass is 19.1. The molecule has 0 aliphatic heterocycles. The van der Waals surface area contributed by atoms with Crippen LogP contribution in [-0.2, 0) is 17.8 Å². The van der Waals surface area contributed by atoms with Crippen LogP contribution >= 0.6 is 0 Å². The fraction of sp³-hybridized carbons (Fsp3) is 0.154. The van der Waals surface area contributed by atoms with Crippen molar-refractivity contribution in [3.8, 4) is 0 Å². The van der Waals surface area contributed by atoms with E-state index in [1.54, 1.807) is 24.4 Å². The summed E-state index contributed by atoms with van der Waals surface area (Å²) in [7, 11) is 0. The van der Waals surface area contributed by atoms with Gasteiger partial charge in [0.25, 0.3) is 0 Å². The van der Waals surface area contributed by atoms with Crippen LogP contribution in [0.3, 0.4) is 0 Å². The molecule has 3 nitrogen and oxygen atoms in total. The first-order valence-corrected chi connectivity index (χ1v) is 5.38. The van der Waals surface area contributed by atoms with Crippen LogP contribution in [0.5, 0.6) is 0 Å². The second-order valence-electron chi connectivity index (χ2n) is 3.74. The van der Waals surface area contributed by atoms with E-state index in [-0.39, 0.29) is 24.7 Å². The van der Waals surface area contributed by atoms with E-state index in [0.29, 0.717) is 5.56 Å². The van der Waals surface area contributed by atoms with Gasteiger partial charge in [0.05, 0.1) is 6.42 Å². The van der Waals surface area contributed by atoms with Crippen LogP contribution < -0.4 is 5.32 Å². The topological polar surface area (TPSA) is 44.9 Å². The number of hydrogen-bond acceptors (Lipinski definition) is 1. The standard InChI is InChI=1S/C13H13FN2O/c14-12-6-2-1-4-10(12)9-16-13(17)8-11-5-3-7-15-11/h1-7,15H,8-9H2,(H,16,17). The summed E-state index contributed by atoms with van der Waals surface area (Å²) in [6, 6.07) is 10.1. The molecule has 17 heavy (non-hydrogen) atoms. The van der Waals surface area contributed by atoms with Crippen LogP contribution in [0.2, 0.25) is 0 Å². The predicted octanol–water partition coefficient (Wildman–Crippen LogP) is 2.01. The molecule has 1 aromatic heterocycles. The summed E-state index contributed by atoms with van der Waals surface area (Å²) >= 11 is 0. The largest absolute Gasteiger partial charge is 0.365 e. The molecule has 0 saturated carbocycles. The monoisotopic (exact) mass is 232 g/mol. The molecule has 2 aromatic rings. The average Bonchev–Trinajstić information content (AvgIpc) is 2.81. The molecule has 0 radical (unpaired) electrons. The minimum Gasteiger partial charge on any atom is -0.365 e. The summed E-state index contributed by atoms with van der Waals surface area (Å²) < 4.78 is 13.3. The lowest BCUT2D eigenvalue weighted by Crippen LogP contribution is -2.25. The van der Waals surface area contributed by atoms with Crippen molar-refractivity contribution in [3.63, 3.8) is 0 Å². The highest BCUT2D eigenvalue weighted by Crippen LogP contribution is 2.05. The zero-order valence-corrected chi connectivity index (χ0v) is 9.24. The third kappa shape index (κ3) is 3.17. The van der Waals surface area contributed by atoms with Crippen LogP contribution in [0.1, 0.15) is 11.3 Å². The average molecular weight is 232 g/mol. The number of rotatable bonds is 4. The Hall–Kier alpha value is -2.10. The number of carbonyl (C=O) groups excluding carboxylic acids is 1. The minimum absolute atomic E-state index is 0.129. The van der Waals surface area contributed by atoms with Crippen molar-refractivity contribution in [1.29, 1.82) is 0 Å². The summed E-state index contributed by atoms with van der Waals surface area (Å²) in [6.07, 6.45) is 2.04. The van der Waals surface area contributed by atoms with Crippen LogP contribution in [0.4, 0.5) is 4.39 Å². The molecule has 88 valence electrons. The Bertz CT molecular complexity index is 494. The zero-order chi connectivity index (χ0) is 12.1. The molecule has 1 heterocycles. The first-order chi connectivity index (χ1) is 8.25. The second-order valence-corrected chi connectivity index (χ2v) is 3.74. The fourth-order valence-corrected chi connectivity index (χ4v) is 1.55. The van der Waals surface area contributed by atoms with Crippen molar-refractivity contribution in [3.05, 3.63) is 59.7 Å². The van der Waals surface area contributed by atoms with Gasteiger partial charge in [-0.2, -0.15) is 0 Å². The number of aromatic amines is 1. The van der Waals surface area contributed by atoms with Gasteiger partial charge in [-0.3, -0.25) is 4.79 Å². The Morgan fingerprint density at radius 1 is 1.24 bits per heavy atom. The van der Waals surface area contributed by atoms with Gasteiger partial charge in [0, 0.05) is 24.0 Å². The van der Waals surface area contributed by atoms with E-state index in [1.807, 2.05) is 12.1 Å². The van der Waals surface area contributed by atoms with E-state index in [0.717, 1.165) is 5.69 Å². The number of benzene rings is 1. The SMILES string of the molecule is O=C(Cc1ccc[nH]1)NCc1ccccc1F. The van der Waals surface area contributed by atoms with E-state index in [9.17, 15) is 9.18 Å². The number of nitrogens with one attached hydrogen (secondary N) is 2. The van der Waals surface area contributed by atoms with E-state index < -0.39 is 0 Å². The first kappa shape index (κ1) is 11.4. The molecule has 1 aromatic carbocycles. The minimum atomic E-state index is -0.298. The Kier molecular flexibility index (Phi) is 3.55. The molecule has 0 fully saturated rings. The van der Waals surface area contributed by atoms with Gasteiger partial charge in [-0.25, -0.2) is 4.39 Å². The predicted molar refractivity (Wildman–Crippen MR) is 62.7 cm³/mol. The Balaban J connectivity index is 1.86. The Labute approximate surface area is 98.7 Å². The van der Waals surface area contributed by atoms with Crippen molar-refractivity contribution in [1.82, 2.24) is 10.3 Å². The van der Waals surface area contributed by atoms with Crippen molar-refractivity contribution in [2.45, 2.75) is 13.0 Å². The molecular weight excluding hydrogens is 219 g/mol.